The number of Topliss-reactive ketones (excluding diaryl/α,β-unsaturated/α-hetero) is 2. The largest absolute Gasteiger partial charge is 0.379 e. The maximum Gasteiger partial charge on any atom is 0.182 e. The number of carbonyl (C=O) groups is 2. The molecule has 9 rings (SSSR count). The Bertz CT molecular complexity index is 2060. The number of likely N-dealkylation sites (tertiary alicyclic amines) is 1. The lowest BCUT2D eigenvalue weighted by Gasteiger charge is -2.46. The van der Waals surface area contributed by atoms with Crippen LogP contribution in [0, 0.1) is 0 Å². The molecule has 0 bridgehead atoms. The van der Waals surface area contributed by atoms with E-state index in [4.69, 9.17) is 4.74 Å². The van der Waals surface area contributed by atoms with Crippen molar-refractivity contribution in [3.8, 4) is 22.3 Å². The Balaban J connectivity index is 1.13. The zero-order valence-corrected chi connectivity index (χ0v) is 35.7. The molecule has 1 saturated carbocycles. The summed E-state index contributed by atoms with van der Waals surface area (Å²) in [6.45, 7) is 13.3. The summed E-state index contributed by atoms with van der Waals surface area (Å²) in [4.78, 5) is 36.3. The quantitative estimate of drug-likeness (QED) is 0.130. The van der Waals surface area contributed by atoms with Crippen LogP contribution in [-0.4, -0.2) is 84.3 Å². The van der Waals surface area contributed by atoms with E-state index >= 15 is 0 Å². The SMILES string of the molecule is CSc1ccc2c(c1)C1(CCC3(CC1)c1cc(SC)ccc1-c1ccc(C(=O)C(C)(C)N4CCOCC4)cc13)c1cc(C(=O)C(C)(C)N3CCCCC3)ccc1-2. The van der Waals surface area contributed by atoms with Gasteiger partial charge in [-0.25, -0.2) is 0 Å². The molecular formula is C49H56N2O3S2. The van der Waals surface area contributed by atoms with Gasteiger partial charge in [-0.2, -0.15) is 0 Å². The number of thioether (sulfide) groups is 2. The summed E-state index contributed by atoms with van der Waals surface area (Å²) in [7, 11) is 0. The molecule has 0 radical (unpaired) electrons. The van der Waals surface area contributed by atoms with Crippen molar-refractivity contribution in [1.82, 2.24) is 9.80 Å². The first-order valence-electron chi connectivity index (χ1n) is 20.8. The average molecular weight is 785 g/mol. The molecule has 7 heteroatoms. The Labute approximate surface area is 342 Å². The van der Waals surface area contributed by atoms with Gasteiger partial charge in [-0.15, -0.1) is 23.5 Å². The Morgan fingerprint density at radius 3 is 1.32 bits per heavy atom. The average Bonchev–Trinajstić information content (AvgIpc) is 3.66. The van der Waals surface area contributed by atoms with Crippen LogP contribution < -0.4 is 0 Å². The van der Waals surface area contributed by atoms with Gasteiger partial charge >= 0.3 is 0 Å². The highest BCUT2D eigenvalue weighted by Crippen LogP contribution is 2.64. The van der Waals surface area contributed by atoms with Crippen molar-refractivity contribution in [2.45, 2.75) is 104 Å². The van der Waals surface area contributed by atoms with Gasteiger partial charge in [0.2, 0.25) is 0 Å². The summed E-state index contributed by atoms with van der Waals surface area (Å²) < 4.78 is 5.65. The monoisotopic (exact) mass is 784 g/mol. The summed E-state index contributed by atoms with van der Waals surface area (Å²) in [6, 6.07) is 27.3. The molecule has 0 aromatic heterocycles. The van der Waals surface area contributed by atoms with Crippen LogP contribution in [0.4, 0.5) is 0 Å². The van der Waals surface area contributed by atoms with Gasteiger partial charge < -0.3 is 4.74 Å². The minimum Gasteiger partial charge on any atom is -0.379 e. The molecule has 292 valence electrons. The van der Waals surface area contributed by atoms with E-state index in [1.165, 1.54) is 60.7 Å². The van der Waals surface area contributed by atoms with Crippen LogP contribution in [0.1, 0.15) is 116 Å². The van der Waals surface area contributed by atoms with Gasteiger partial charge in [0.25, 0.3) is 0 Å². The standard InChI is InChI=1S/C49H56N2O3S2/c1-46(2,50-22-8-7-9-23-50)44(52)32-10-14-36-38-16-12-34(55-5)30-42(38)48(40(36)28-32)18-20-49(21-19-48)41-29-33(45(53)47(3,4)51-24-26-54-27-25-51)11-15-37(41)39-17-13-35(56-6)31-43(39)49/h10-17,28-31H,7-9,18-27H2,1-6H3. The number of benzene rings is 4. The summed E-state index contributed by atoms with van der Waals surface area (Å²) >= 11 is 3.61. The van der Waals surface area contributed by atoms with Crippen LogP contribution in [0.2, 0.25) is 0 Å². The number of hydrogen-bond donors (Lipinski definition) is 0. The van der Waals surface area contributed by atoms with Gasteiger partial charge in [0.1, 0.15) is 0 Å². The van der Waals surface area contributed by atoms with Gasteiger partial charge in [-0.3, -0.25) is 19.4 Å². The molecule has 4 aromatic carbocycles. The van der Waals surface area contributed by atoms with Crippen molar-refractivity contribution < 1.29 is 14.3 Å². The van der Waals surface area contributed by atoms with E-state index < -0.39 is 11.1 Å². The second-order valence-electron chi connectivity index (χ2n) is 17.9. The highest BCUT2D eigenvalue weighted by Gasteiger charge is 2.54. The topological polar surface area (TPSA) is 49.9 Å². The lowest BCUT2D eigenvalue weighted by molar-refractivity contribution is -0.00430. The van der Waals surface area contributed by atoms with Crippen LogP contribution in [0.25, 0.3) is 22.3 Å². The van der Waals surface area contributed by atoms with Crippen molar-refractivity contribution in [2.24, 2.45) is 0 Å². The summed E-state index contributed by atoms with van der Waals surface area (Å²) in [5.41, 5.74) is 10.7. The van der Waals surface area contributed by atoms with E-state index in [9.17, 15) is 9.59 Å². The highest BCUT2D eigenvalue weighted by atomic mass is 32.2. The Hall–Kier alpha value is -3.20. The first-order valence-corrected chi connectivity index (χ1v) is 23.2. The molecule has 2 spiro atoms. The molecule has 2 aliphatic heterocycles. The molecule has 56 heavy (non-hydrogen) atoms. The van der Waals surface area contributed by atoms with E-state index in [2.05, 4.69) is 123 Å². The van der Waals surface area contributed by atoms with Gasteiger partial charge in [-0.05, 0) is 173 Å². The molecule has 5 nitrogen and oxygen atoms in total. The summed E-state index contributed by atoms with van der Waals surface area (Å²) in [6.07, 6.45) is 11.8. The molecule has 0 amide bonds. The number of piperidine rings is 1. The molecule has 0 atom stereocenters. The van der Waals surface area contributed by atoms with Gasteiger partial charge in [0.15, 0.2) is 11.6 Å². The zero-order valence-electron chi connectivity index (χ0n) is 34.1. The molecule has 2 saturated heterocycles. The van der Waals surface area contributed by atoms with E-state index in [0.717, 1.165) is 75.8 Å². The fraction of sp³-hybridized carbons (Fsp3) is 0.469. The number of nitrogens with zero attached hydrogens (tertiary/aromatic N) is 2. The Morgan fingerprint density at radius 2 is 0.911 bits per heavy atom. The van der Waals surface area contributed by atoms with E-state index in [0.29, 0.717) is 13.2 Å². The van der Waals surface area contributed by atoms with E-state index in [-0.39, 0.29) is 22.4 Å². The maximum absolute atomic E-state index is 14.5. The van der Waals surface area contributed by atoms with Crippen LogP contribution in [0.3, 0.4) is 0 Å². The number of ketones is 2. The second kappa shape index (κ2) is 14.3. The van der Waals surface area contributed by atoms with Gasteiger partial charge in [0.05, 0.1) is 24.3 Å². The Morgan fingerprint density at radius 1 is 0.536 bits per heavy atom. The number of morpholine rings is 1. The first-order chi connectivity index (χ1) is 26.9. The number of rotatable bonds is 8. The lowest BCUT2D eigenvalue weighted by Crippen LogP contribution is -2.54. The number of fused-ring (bicyclic) bond motifs is 10. The molecule has 4 aromatic rings. The van der Waals surface area contributed by atoms with Crippen molar-refractivity contribution in [3.05, 3.63) is 106 Å². The van der Waals surface area contributed by atoms with Crippen molar-refractivity contribution in [2.75, 3.05) is 51.9 Å². The van der Waals surface area contributed by atoms with E-state index in [1.54, 1.807) is 23.5 Å². The molecule has 5 aliphatic rings. The maximum atomic E-state index is 14.5. The fourth-order valence-electron chi connectivity index (χ4n) is 11.2. The van der Waals surface area contributed by atoms with Crippen LogP contribution >= 0.6 is 23.5 Å². The Kier molecular flexibility index (Phi) is 9.76. The molecule has 0 unspecified atom stereocenters. The third-order valence-electron chi connectivity index (χ3n) is 14.7. The second-order valence-corrected chi connectivity index (χ2v) is 19.7. The third-order valence-corrected chi connectivity index (χ3v) is 16.1. The smallest absolute Gasteiger partial charge is 0.182 e. The third kappa shape index (κ3) is 5.85. The van der Waals surface area contributed by atoms with Gasteiger partial charge in [-0.1, -0.05) is 42.8 Å². The van der Waals surface area contributed by atoms with Gasteiger partial charge in [0, 0.05) is 44.8 Å². The van der Waals surface area contributed by atoms with Crippen LogP contribution in [-0.2, 0) is 15.6 Å². The number of ether oxygens (including phenoxy) is 1. The summed E-state index contributed by atoms with van der Waals surface area (Å²) in [5.74, 6) is 0.407. The highest BCUT2D eigenvalue weighted by molar-refractivity contribution is 7.98. The molecule has 0 N–H and O–H groups in total. The van der Waals surface area contributed by atoms with Crippen molar-refractivity contribution in [1.29, 1.82) is 0 Å². The van der Waals surface area contributed by atoms with Crippen LogP contribution in [0.5, 0.6) is 0 Å². The normalized spacial score (nSPS) is 23.5. The number of hydrogen-bond acceptors (Lipinski definition) is 7. The first kappa shape index (κ1) is 38.3. The molecule has 3 fully saturated rings. The molecule has 3 aliphatic carbocycles. The molecular weight excluding hydrogens is 729 g/mol. The van der Waals surface area contributed by atoms with Crippen molar-refractivity contribution in [3.63, 3.8) is 0 Å². The minimum atomic E-state index is -0.622. The fourth-order valence-corrected chi connectivity index (χ4v) is 12.1. The minimum absolute atomic E-state index is 0.179. The predicted octanol–water partition coefficient (Wildman–Crippen LogP) is 10.7. The van der Waals surface area contributed by atoms with Crippen LogP contribution in [0.15, 0.2) is 82.6 Å². The van der Waals surface area contributed by atoms with E-state index in [1.807, 2.05) is 0 Å². The van der Waals surface area contributed by atoms with Crippen molar-refractivity contribution >= 4 is 35.1 Å². The number of carbonyl (C=O) groups excluding carboxylic acids is 2. The zero-order chi connectivity index (χ0) is 39.0. The molecule has 2 heterocycles. The summed E-state index contributed by atoms with van der Waals surface area (Å²) in [5, 5.41) is 0. The lowest BCUT2D eigenvalue weighted by atomic mass is 9.57. The predicted molar refractivity (Wildman–Crippen MR) is 232 cm³/mol.